The molecule has 20 heavy (non-hydrogen) atoms. The molecule has 0 saturated carbocycles. The molecular weight excluding hydrogens is 314 g/mol. The van der Waals surface area contributed by atoms with Crippen molar-refractivity contribution in [3.63, 3.8) is 0 Å². The van der Waals surface area contributed by atoms with E-state index in [4.69, 9.17) is 9.97 Å². The summed E-state index contributed by atoms with van der Waals surface area (Å²) in [6.07, 6.45) is 5.45. The van der Waals surface area contributed by atoms with Crippen LogP contribution in [-0.2, 0) is 19.3 Å². The Morgan fingerprint density at radius 2 is 2.05 bits per heavy atom. The first-order valence-electron chi connectivity index (χ1n) is 7.07. The van der Waals surface area contributed by atoms with Crippen molar-refractivity contribution < 1.29 is 0 Å². The SMILES string of the molecule is CNc1nc(Cc2cccc(Br)c2)nc2c1CCCC2. The maximum atomic E-state index is 4.78. The molecule has 0 aliphatic heterocycles. The van der Waals surface area contributed by atoms with E-state index < -0.39 is 0 Å². The summed E-state index contributed by atoms with van der Waals surface area (Å²) >= 11 is 3.51. The van der Waals surface area contributed by atoms with Gasteiger partial charge in [-0.2, -0.15) is 0 Å². The smallest absolute Gasteiger partial charge is 0.135 e. The molecule has 0 fully saturated rings. The quantitative estimate of drug-likeness (QED) is 0.930. The van der Waals surface area contributed by atoms with Gasteiger partial charge in [-0.15, -0.1) is 0 Å². The lowest BCUT2D eigenvalue weighted by molar-refractivity contribution is 0.657. The van der Waals surface area contributed by atoms with E-state index in [1.165, 1.54) is 29.7 Å². The third kappa shape index (κ3) is 2.85. The van der Waals surface area contributed by atoms with Crippen LogP contribution in [0, 0.1) is 0 Å². The van der Waals surface area contributed by atoms with Gasteiger partial charge in [0.1, 0.15) is 11.6 Å². The van der Waals surface area contributed by atoms with Gasteiger partial charge in [-0.25, -0.2) is 9.97 Å². The molecular formula is C16H18BrN3. The predicted octanol–water partition coefficient (Wildman–Crippen LogP) is 3.75. The van der Waals surface area contributed by atoms with E-state index in [0.717, 1.165) is 35.4 Å². The normalized spacial score (nSPS) is 13.9. The molecule has 0 unspecified atom stereocenters. The average molecular weight is 332 g/mol. The minimum Gasteiger partial charge on any atom is -0.373 e. The zero-order chi connectivity index (χ0) is 13.9. The van der Waals surface area contributed by atoms with Gasteiger partial charge in [0, 0.05) is 29.2 Å². The Labute approximate surface area is 128 Å². The fourth-order valence-corrected chi connectivity index (χ4v) is 3.21. The molecule has 1 aliphatic rings. The van der Waals surface area contributed by atoms with Gasteiger partial charge in [-0.3, -0.25) is 0 Å². The maximum Gasteiger partial charge on any atom is 0.135 e. The molecule has 0 atom stereocenters. The first-order chi connectivity index (χ1) is 9.76. The Morgan fingerprint density at radius 1 is 1.20 bits per heavy atom. The summed E-state index contributed by atoms with van der Waals surface area (Å²) in [5.74, 6) is 1.92. The maximum absolute atomic E-state index is 4.78. The molecule has 3 nitrogen and oxygen atoms in total. The number of aromatic nitrogens is 2. The fraction of sp³-hybridized carbons (Fsp3) is 0.375. The Morgan fingerprint density at radius 3 is 2.85 bits per heavy atom. The van der Waals surface area contributed by atoms with Crippen LogP contribution in [0.1, 0.15) is 35.5 Å². The van der Waals surface area contributed by atoms with Crippen LogP contribution in [0.3, 0.4) is 0 Å². The van der Waals surface area contributed by atoms with Crippen LogP contribution in [0.4, 0.5) is 5.82 Å². The molecule has 0 radical (unpaired) electrons. The summed E-state index contributed by atoms with van der Waals surface area (Å²) < 4.78 is 1.10. The van der Waals surface area contributed by atoms with Gasteiger partial charge in [0.2, 0.25) is 0 Å². The number of fused-ring (bicyclic) bond motifs is 1. The molecule has 0 spiro atoms. The van der Waals surface area contributed by atoms with E-state index in [9.17, 15) is 0 Å². The average Bonchev–Trinajstić information content (AvgIpc) is 2.46. The third-order valence-corrected chi connectivity index (χ3v) is 4.21. The van der Waals surface area contributed by atoms with E-state index in [2.05, 4.69) is 39.4 Å². The molecule has 104 valence electrons. The lowest BCUT2D eigenvalue weighted by Crippen LogP contribution is -2.13. The lowest BCUT2D eigenvalue weighted by atomic mass is 9.96. The van der Waals surface area contributed by atoms with Crippen LogP contribution < -0.4 is 5.32 Å². The number of anilines is 1. The first-order valence-corrected chi connectivity index (χ1v) is 7.86. The highest BCUT2D eigenvalue weighted by Gasteiger charge is 2.17. The van der Waals surface area contributed by atoms with Crippen LogP contribution in [-0.4, -0.2) is 17.0 Å². The summed E-state index contributed by atoms with van der Waals surface area (Å²) in [4.78, 5) is 9.47. The molecule has 0 bridgehead atoms. The molecule has 1 heterocycles. The van der Waals surface area contributed by atoms with Gasteiger partial charge in [-0.05, 0) is 43.4 Å². The van der Waals surface area contributed by atoms with Crippen LogP contribution in [0.2, 0.25) is 0 Å². The van der Waals surface area contributed by atoms with E-state index in [1.54, 1.807) is 0 Å². The van der Waals surface area contributed by atoms with Gasteiger partial charge in [-0.1, -0.05) is 28.1 Å². The minimum atomic E-state index is 0.779. The van der Waals surface area contributed by atoms with Crippen molar-refractivity contribution in [2.75, 3.05) is 12.4 Å². The molecule has 0 amide bonds. The molecule has 1 aromatic heterocycles. The van der Waals surface area contributed by atoms with E-state index >= 15 is 0 Å². The van der Waals surface area contributed by atoms with Crippen LogP contribution in [0.5, 0.6) is 0 Å². The number of aryl methyl sites for hydroxylation is 1. The molecule has 4 heteroatoms. The Hall–Kier alpha value is -1.42. The van der Waals surface area contributed by atoms with Crippen LogP contribution >= 0.6 is 15.9 Å². The minimum absolute atomic E-state index is 0.779. The van der Waals surface area contributed by atoms with Crippen molar-refractivity contribution in [3.05, 3.63) is 51.4 Å². The molecule has 3 rings (SSSR count). The Bertz CT molecular complexity index is 608. The van der Waals surface area contributed by atoms with Crippen molar-refractivity contribution >= 4 is 21.7 Å². The number of nitrogens with zero attached hydrogens (tertiary/aromatic N) is 2. The number of hydrogen-bond acceptors (Lipinski definition) is 3. The van der Waals surface area contributed by atoms with Crippen molar-refractivity contribution in [3.8, 4) is 0 Å². The second-order valence-corrected chi connectivity index (χ2v) is 6.09. The number of benzene rings is 1. The zero-order valence-electron chi connectivity index (χ0n) is 11.6. The highest BCUT2D eigenvalue weighted by Crippen LogP contribution is 2.26. The van der Waals surface area contributed by atoms with Crippen molar-refractivity contribution in [2.24, 2.45) is 0 Å². The number of hydrogen-bond donors (Lipinski definition) is 1. The zero-order valence-corrected chi connectivity index (χ0v) is 13.2. The predicted molar refractivity (Wildman–Crippen MR) is 85.2 cm³/mol. The number of rotatable bonds is 3. The molecule has 0 saturated heterocycles. The number of nitrogens with one attached hydrogen (secondary N) is 1. The summed E-state index contributed by atoms with van der Waals surface area (Å²) in [7, 11) is 1.94. The topological polar surface area (TPSA) is 37.8 Å². The van der Waals surface area contributed by atoms with Crippen molar-refractivity contribution in [2.45, 2.75) is 32.1 Å². The molecule has 1 aliphatic carbocycles. The van der Waals surface area contributed by atoms with Gasteiger partial charge < -0.3 is 5.32 Å². The van der Waals surface area contributed by atoms with E-state index in [-0.39, 0.29) is 0 Å². The molecule has 1 aromatic carbocycles. The summed E-state index contributed by atoms with van der Waals surface area (Å²) in [5.41, 5.74) is 3.79. The van der Waals surface area contributed by atoms with E-state index in [1.807, 2.05) is 13.1 Å². The second kappa shape index (κ2) is 5.92. The highest BCUT2D eigenvalue weighted by molar-refractivity contribution is 9.10. The Balaban J connectivity index is 1.94. The molecule has 1 N–H and O–H groups in total. The van der Waals surface area contributed by atoms with E-state index in [0.29, 0.717) is 0 Å². The van der Waals surface area contributed by atoms with Crippen LogP contribution in [0.15, 0.2) is 28.7 Å². The van der Waals surface area contributed by atoms with Crippen molar-refractivity contribution in [1.29, 1.82) is 0 Å². The standard InChI is InChI=1S/C16H18BrN3/c1-18-16-13-7-2-3-8-14(13)19-15(20-16)10-11-5-4-6-12(17)9-11/h4-6,9H,2-3,7-8,10H2,1H3,(H,18,19,20). The molecule has 2 aromatic rings. The summed E-state index contributed by atoms with van der Waals surface area (Å²) in [5, 5.41) is 3.23. The third-order valence-electron chi connectivity index (χ3n) is 3.72. The highest BCUT2D eigenvalue weighted by atomic mass is 79.9. The largest absolute Gasteiger partial charge is 0.373 e. The summed E-state index contributed by atoms with van der Waals surface area (Å²) in [6.45, 7) is 0. The number of halogens is 1. The van der Waals surface area contributed by atoms with Crippen molar-refractivity contribution in [1.82, 2.24) is 9.97 Å². The van der Waals surface area contributed by atoms with Crippen LogP contribution in [0.25, 0.3) is 0 Å². The lowest BCUT2D eigenvalue weighted by Gasteiger charge is -2.18. The van der Waals surface area contributed by atoms with Gasteiger partial charge in [0.05, 0.1) is 0 Å². The van der Waals surface area contributed by atoms with Gasteiger partial charge in [0.15, 0.2) is 0 Å². The second-order valence-electron chi connectivity index (χ2n) is 5.18. The monoisotopic (exact) mass is 331 g/mol. The summed E-state index contributed by atoms with van der Waals surface area (Å²) in [6, 6.07) is 8.33. The van der Waals surface area contributed by atoms with Gasteiger partial charge >= 0.3 is 0 Å². The van der Waals surface area contributed by atoms with Gasteiger partial charge in [0.25, 0.3) is 0 Å². The fourth-order valence-electron chi connectivity index (χ4n) is 2.76. The Kier molecular flexibility index (Phi) is 4.01. The first kappa shape index (κ1) is 13.6.